The van der Waals surface area contributed by atoms with Crippen molar-refractivity contribution in [2.75, 3.05) is 20.1 Å². The SMILES string of the molecule is CNC(=O)c1ccc(-c2ccc3c(c2)nc(C2CCN(C(=O)OC(C)(C)C)CC2)n3-c2ccc3c(c2)n(C)c(=O)n3C)cc1F. The van der Waals surface area contributed by atoms with Crippen molar-refractivity contribution in [3.05, 3.63) is 82.3 Å². The summed E-state index contributed by atoms with van der Waals surface area (Å²) in [5.74, 6) is -0.174. The van der Waals surface area contributed by atoms with E-state index in [0.717, 1.165) is 39.1 Å². The Balaban J connectivity index is 1.43. The van der Waals surface area contributed by atoms with Gasteiger partial charge >= 0.3 is 11.8 Å². The van der Waals surface area contributed by atoms with Crippen LogP contribution in [-0.2, 0) is 18.8 Å². The highest BCUT2D eigenvalue weighted by Gasteiger charge is 2.31. The second kappa shape index (κ2) is 11.2. The van der Waals surface area contributed by atoms with E-state index in [1.807, 2.05) is 57.2 Å². The smallest absolute Gasteiger partial charge is 0.410 e. The molecule has 1 N–H and O–H groups in total. The first-order chi connectivity index (χ1) is 21.4. The van der Waals surface area contributed by atoms with Gasteiger partial charge in [0.15, 0.2) is 0 Å². The largest absolute Gasteiger partial charge is 0.444 e. The van der Waals surface area contributed by atoms with Crippen molar-refractivity contribution in [3.63, 3.8) is 0 Å². The van der Waals surface area contributed by atoms with Gasteiger partial charge in [-0.1, -0.05) is 12.1 Å². The molecule has 0 saturated carbocycles. The number of hydrogen-bond acceptors (Lipinski definition) is 5. The highest BCUT2D eigenvalue weighted by atomic mass is 19.1. The number of piperidine rings is 1. The van der Waals surface area contributed by atoms with Crippen molar-refractivity contribution in [1.29, 1.82) is 0 Å². The monoisotopic (exact) mass is 612 g/mol. The third-order valence-electron chi connectivity index (χ3n) is 8.48. The molecule has 1 fully saturated rings. The quantitative estimate of drug-likeness (QED) is 0.289. The Kier molecular flexibility index (Phi) is 7.50. The molecule has 1 saturated heterocycles. The van der Waals surface area contributed by atoms with E-state index < -0.39 is 17.3 Å². The summed E-state index contributed by atoms with van der Waals surface area (Å²) < 4.78 is 25.8. The molecule has 2 aromatic heterocycles. The van der Waals surface area contributed by atoms with E-state index in [2.05, 4.69) is 9.88 Å². The predicted molar refractivity (Wildman–Crippen MR) is 171 cm³/mol. The van der Waals surface area contributed by atoms with Crippen LogP contribution in [0.2, 0.25) is 0 Å². The van der Waals surface area contributed by atoms with Gasteiger partial charge in [-0.3, -0.25) is 18.5 Å². The molecule has 6 rings (SSSR count). The third-order valence-corrected chi connectivity index (χ3v) is 8.48. The number of carbonyl (C=O) groups is 2. The van der Waals surface area contributed by atoms with Crippen molar-refractivity contribution in [1.82, 2.24) is 28.9 Å². The molecule has 0 unspecified atom stereocenters. The second-order valence-corrected chi connectivity index (χ2v) is 12.6. The minimum absolute atomic E-state index is 0.0164. The molecule has 234 valence electrons. The fourth-order valence-electron chi connectivity index (χ4n) is 6.12. The molecule has 0 atom stereocenters. The topological polar surface area (TPSA) is 103 Å². The number of likely N-dealkylation sites (tertiary alicyclic amines) is 1. The van der Waals surface area contributed by atoms with E-state index in [1.54, 1.807) is 34.2 Å². The number of carbonyl (C=O) groups excluding carboxylic acids is 2. The van der Waals surface area contributed by atoms with Crippen LogP contribution in [0.3, 0.4) is 0 Å². The van der Waals surface area contributed by atoms with Gasteiger partial charge in [0, 0.05) is 45.8 Å². The minimum Gasteiger partial charge on any atom is -0.444 e. The van der Waals surface area contributed by atoms with E-state index in [0.29, 0.717) is 31.5 Å². The Morgan fingerprint density at radius 2 is 1.56 bits per heavy atom. The molecule has 11 heteroatoms. The summed E-state index contributed by atoms with van der Waals surface area (Å²) in [6.45, 7) is 6.66. The van der Waals surface area contributed by atoms with Crippen LogP contribution in [0.5, 0.6) is 0 Å². The van der Waals surface area contributed by atoms with Gasteiger partial charge in [0.05, 0.1) is 27.6 Å². The van der Waals surface area contributed by atoms with Crippen molar-refractivity contribution in [3.8, 4) is 16.8 Å². The lowest BCUT2D eigenvalue weighted by Crippen LogP contribution is -2.41. The number of ether oxygens (including phenoxy) is 1. The Bertz CT molecular complexity index is 2020. The number of rotatable bonds is 4. The lowest BCUT2D eigenvalue weighted by Gasteiger charge is -2.33. The normalized spacial score (nSPS) is 14.3. The number of amides is 2. The zero-order valence-electron chi connectivity index (χ0n) is 26.3. The Morgan fingerprint density at radius 1 is 0.911 bits per heavy atom. The molecular formula is C34H37FN6O4. The van der Waals surface area contributed by atoms with Gasteiger partial charge in [-0.15, -0.1) is 0 Å². The zero-order chi connectivity index (χ0) is 32.2. The van der Waals surface area contributed by atoms with Crippen molar-refractivity contribution < 1.29 is 18.7 Å². The maximum Gasteiger partial charge on any atom is 0.410 e. The molecule has 45 heavy (non-hydrogen) atoms. The van der Waals surface area contributed by atoms with Crippen LogP contribution in [0, 0.1) is 5.82 Å². The maximum atomic E-state index is 14.8. The van der Waals surface area contributed by atoms with E-state index in [-0.39, 0.29) is 23.3 Å². The first kappa shape index (κ1) is 30.1. The summed E-state index contributed by atoms with van der Waals surface area (Å²) in [6, 6.07) is 16.3. The van der Waals surface area contributed by atoms with Crippen molar-refractivity contribution >= 4 is 34.1 Å². The van der Waals surface area contributed by atoms with Gasteiger partial charge < -0.3 is 15.0 Å². The average molecular weight is 613 g/mol. The molecule has 1 aliphatic rings. The highest BCUT2D eigenvalue weighted by Crippen LogP contribution is 2.35. The van der Waals surface area contributed by atoms with Crippen molar-refractivity contribution in [2.24, 2.45) is 14.1 Å². The Labute approximate surface area is 260 Å². The van der Waals surface area contributed by atoms with Crippen molar-refractivity contribution in [2.45, 2.75) is 45.1 Å². The number of hydrogen-bond donors (Lipinski definition) is 1. The van der Waals surface area contributed by atoms with Gasteiger partial charge in [0.1, 0.15) is 17.2 Å². The summed E-state index contributed by atoms with van der Waals surface area (Å²) in [6.07, 6.45) is 1.09. The Morgan fingerprint density at radius 3 is 2.22 bits per heavy atom. The van der Waals surface area contributed by atoms with E-state index in [1.165, 1.54) is 19.2 Å². The molecule has 0 aliphatic carbocycles. The Hall–Kier alpha value is -4.93. The van der Waals surface area contributed by atoms with Crippen LogP contribution in [-0.4, -0.2) is 61.3 Å². The molecule has 2 amide bonds. The van der Waals surface area contributed by atoms with Crippen LogP contribution >= 0.6 is 0 Å². The molecule has 3 heterocycles. The van der Waals surface area contributed by atoms with Gasteiger partial charge in [0.2, 0.25) is 0 Å². The summed E-state index contributed by atoms with van der Waals surface area (Å²) in [7, 11) is 4.98. The molecule has 3 aromatic carbocycles. The fourth-order valence-corrected chi connectivity index (χ4v) is 6.12. The number of fused-ring (bicyclic) bond motifs is 2. The molecule has 0 bridgehead atoms. The van der Waals surface area contributed by atoms with E-state index >= 15 is 0 Å². The molecule has 0 radical (unpaired) electrons. The second-order valence-electron chi connectivity index (χ2n) is 12.6. The molecule has 10 nitrogen and oxygen atoms in total. The lowest BCUT2D eigenvalue weighted by atomic mass is 9.96. The first-order valence-electron chi connectivity index (χ1n) is 15.0. The van der Waals surface area contributed by atoms with Crippen LogP contribution in [0.15, 0.2) is 59.4 Å². The number of halogens is 1. The van der Waals surface area contributed by atoms with Crippen LogP contribution in [0.25, 0.3) is 38.9 Å². The summed E-state index contributed by atoms with van der Waals surface area (Å²) >= 11 is 0. The van der Waals surface area contributed by atoms with Gasteiger partial charge in [-0.2, -0.15) is 0 Å². The maximum absolute atomic E-state index is 14.8. The number of benzene rings is 3. The van der Waals surface area contributed by atoms with E-state index in [9.17, 15) is 18.8 Å². The van der Waals surface area contributed by atoms with Crippen LogP contribution in [0.4, 0.5) is 9.18 Å². The predicted octanol–water partition coefficient (Wildman–Crippen LogP) is 5.50. The first-order valence-corrected chi connectivity index (χ1v) is 15.0. The lowest BCUT2D eigenvalue weighted by molar-refractivity contribution is 0.0203. The fraction of sp³-hybridized carbons (Fsp3) is 0.353. The van der Waals surface area contributed by atoms with E-state index in [4.69, 9.17) is 9.72 Å². The van der Waals surface area contributed by atoms with Crippen LogP contribution < -0.4 is 11.0 Å². The standard InChI is InChI=1S/C34H37FN6O4/c1-34(2,3)45-33(44)40-15-13-20(14-16-40)30-37-26-18-22(21-7-10-24(25(35)17-21)31(42)36-4)8-11-27(26)41(30)23-9-12-28-29(19-23)39(6)32(43)38(28)5/h7-12,17-20H,13-16H2,1-6H3,(H,36,42). The highest BCUT2D eigenvalue weighted by molar-refractivity contribution is 5.95. The van der Waals surface area contributed by atoms with Gasteiger partial charge in [0.25, 0.3) is 5.91 Å². The average Bonchev–Trinajstić information content (AvgIpc) is 3.50. The van der Waals surface area contributed by atoms with Gasteiger partial charge in [-0.25, -0.2) is 19.0 Å². The minimum atomic E-state index is -0.600. The molecule has 5 aromatic rings. The van der Waals surface area contributed by atoms with Crippen LogP contribution in [0.1, 0.15) is 55.7 Å². The summed E-state index contributed by atoms with van der Waals surface area (Å²) in [4.78, 5) is 44.3. The zero-order valence-corrected chi connectivity index (χ0v) is 26.3. The summed E-state index contributed by atoms with van der Waals surface area (Å²) in [5, 5.41) is 2.46. The number of nitrogens with zero attached hydrogens (tertiary/aromatic N) is 5. The molecule has 0 spiro atoms. The number of nitrogens with one attached hydrogen (secondary N) is 1. The summed E-state index contributed by atoms with van der Waals surface area (Å²) in [5.41, 5.74) is 4.80. The molecule has 1 aliphatic heterocycles. The number of aromatic nitrogens is 4. The number of imidazole rings is 2. The molecular weight excluding hydrogens is 575 g/mol. The third kappa shape index (κ3) is 5.47. The van der Waals surface area contributed by atoms with Gasteiger partial charge in [-0.05, 0) is 87.2 Å². The number of aryl methyl sites for hydroxylation is 2.